The molecule has 0 radical (unpaired) electrons. The van der Waals surface area contributed by atoms with Crippen molar-refractivity contribution >= 4 is 5.91 Å². The molecule has 7 nitrogen and oxygen atoms in total. The van der Waals surface area contributed by atoms with E-state index in [9.17, 15) is 4.79 Å². The van der Waals surface area contributed by atoms with Gasteiger partial charge in [-0.1, -0.05) is 19.0 Å². The molecule has 2 aromatic rings. The lowest BCUT2D eigenvalue weighted by atomic mass is 9.99. The molecule has 1 amide bonds. The van der Waals surface area contributed by atoms with E-state index < -0.39 is 0 Å². The first-order chi connectivity index (χ1) is 12.2. The highest BCUT2D eigenvalue weighted by Crippen LogP contribution is 2.22. The van der Waals surface area contributed by atoms with Crippen molar-refractivity contribution in [2.45, 2.75) is 58.0 Å². The van der Waals surface area contributed by atoms with E-state index in [4.69, 9.17) is 4.52 Å². The van der Waals surface area contributed by atoms with Crippen LogP contribution in [0.1, 0.15) is 73.4 Å². The number of piperidine rings is 1. The molecule has 0 spiro atoms. The van der Waals surface area contributed by atoms with Gasteiger partial charge in [-0.2, -0.15) is 5.10 Å². The number of nitrogens with zero attached hydrogens (tertiary/aromatic N) is 3. The van der Waals surface area contributed by atoms with Crippen LogP contribution in [-0.2, 0) is 6.54 Å². The van der Waals surface area contributed by atoms with Crippen molar-refractivity contribution < 1.29 is 9.32 Å². The first kappa shape index (κ1) is 17.7. The van der Waals surface area contributed by atoms with E-state index in [-0.39, 0.29) is 5.91 Å². The van der Waals surface area contributed by atoms with E-state index in [1.807, 2.05) is 16.9 Å². The van der Waals surface area contributed by atoms with Gasteiger partial charge in [0.1, 0.15) is 5.69 Å². The van der Waals surface area contributed by atoms with Crippen LogP contribution in [0.3, 0.4) is 0 Å². The van der Waals surface area contributed by atoms with E-state index in [0.717, 1.165) is 44.5 Å². The topological polar surface area (TPSA) is 85.0 Å². The first-order valence-electron chi connectivity index (χ1n) is 9.20. The molecule has 1 fully saturated rings. The fourth-order valence-corrected chi connectivity index (χ4v) is 3.29. The van der Waals surface area contributed by atoms with Gasteiger partial charge in [-0.15, -0.1) is 0 Å². The molecule has 1 aliphatic heterocycles. The SMILES string of the molecule is CCC(CC)c1cc(CNC(=O)c2ccn(C3CCCNC3)n2)on1. The third-order valence-corrected chi connectivity index (χ3v) is 4.89. The molecule has 7 heteroatoms. The zero-order valence-electron chi connectivity index (χ0n) is 15.0. The Morgan fingerprint density at radius 3 is 3.04 bits per heavy atom. The highest BCUT2D eigenvalue weighted by atomic mass is 16.5. The van der Waals surface area contributed by atoms with Crippen LogP contribution in [0.15, 0.2) is 22.9 Å². The zero-order valence-corrected chi connectivity index (χ0v) is 15.0. The number of amides is 1. The van der Waals surface area contributed by atoms with Gasteiger partial charge in [-0.05, 0) is 38.3 Å². The van der Waals surface area contributed by atoms with Crippen LogP contribution in [0.25, 0.3) is 0 Å². The summed E-state index contributed by atoms with van der Waals surface area (Å²) in [4.78, 5) is 12.3. The van der Waals surface area contributed by atoms with Crippen LogP contribution in [0, 0.1) is 0 Å². The second-order valence-corrected chi connectivity index (χ2v) is 6.60. The van der Waals surface area contributed by atoms with Crippen molar-refractivity contribution in [3.63, 3.8) is 0 Å². The fraction of sp³-hybridized carbons (Fsp3) is 0.611. The average molecular weight is 345 g/mol. The Labute approximate surface area is 148 Å². The summed E-state index contributed by atoms with van der Waals surface area (Å²) in [5.41, 5.74) is 1.40. The van der Waals surface area contributed by atoms with Crippen molar-refractivity contribution in [3.05, 3.63) is 35.5 Å². The molecule has 0 aliphatic carbocycles. The second-order valence-electron chi connectivity index (χ2n) is 6.60. The van der Waals surface area contributed by atoms with Crippen molar-refractivity contribution in [1.82, 2.24) is 25.6 Å². The summed E-state index contributed by atoms with van der Waals surface area (Å²) in [6.07, 6.45) is 6.17. The standard InChI is InChI=1S/C18H27N5O2/c1-3-13(4-2)17-10-15(25-22-17)12-20-18(24)16-7-9-23(21-16)14-6-5-8-19-11-14/h7,9-10,13-14,19H,3-6,8,11-12H2,1-2H3,(H,20,24). The Balaban J connectivity index is 1.55. The lowest BCUT2D eigenvalue weighted by Gasteiger charge is -2.22. The van der Waals surface area contributed by atoms with Gasteiger partial charge in [0.2, 0.25) is 0 Å². The maximum absolute atomic E-state index is 12.3. The van der Waals surface area contributed by atoms with Gasteiger partial charge in [0, 0.05) is 24.7 Å². The van der Waals surface area contributed by atoms with Gasteiger partial charge < -0.3 is 15.2 Å². The summed E-state index contributed by atoms with van der Waals surface area (Å²) < 4.78 is 7.23. The molecule has 2 aromatic heterocycles. The fourth-order valence-electron chi connectivity index (χ4n) is 3.29. The summed E-state index contributed by atoms with van der Waals surface area (Å²) in [7, 11) is 0. The predicted molar refractivity (Wildman–Crippen MR) is 94.4 cm³/mol. The third kappa shape index (κ3) is 4.28. The van der Waals surface area contributed by atoms with Gasteiger partial charge in [-0.25, -0.2) is 0 Å². The van der Waals surface area contributed by atoms with Gasteiger partial charge in [0.25, 0.3) is 5.91 Å². The second kappa shape index (κ2) is 8.29. The normalized spacial score (nSPS) is 17.8. The van der Waals surface area contributed by atoms with Gasteiger partial charge in [-0.3, -0.25) is 9.48 Å². The molecule has 1 aliphatic rings. The molecule has 0 bridgehead atoms. The summed E-state index contributed by atoms with van der Waals surface area (Å²) in [6.45, 7) is 6.57. The van der Waals surface area contributed by atoms with Gasteiger partial charge in [0.05, 0.1) is 18.3 Å². The lowest BCUT2D eigenvalue weighted by molar-refractivity contribution is 0.0940. The largest absolute Gasteiger partial charge is 0.359 e. The smallest absolute Gasteiger partial charge is 0.272 e. The van der Waals surface area contributed by atoms with E-state index in [1.54, 1.807) is 6.07 Å². The number of hydrogen-bond acceptors (Lipinski definition) is 5. The molecule has 136 valence electrons. The van der Waals surface area contributed by atoms with Gasteiger partial charge in [0.15, 0.2) is 5.76 Å². The number of rotatable bonds is 7. The van der Waals surface area contributed by atoms with Crippen molar-refractivity contribution in [2.75, 3.05) is 13.1 Å². The molecule has 0 saturated carbocycles. The molecule has 2 N–H and O–H groups in total. The minimum absolute atomic E-state index is 0.192. The molecule has 1 saturated heterocycles. The molecule has 0 aromatic carbocycles. The average Bonchev–Trinajstić information content (AvgIpc) is 3.32. The van der Waals surface area contributed by atoms with Crippen molar-refractivity contribution in [3.8, 4) is 0 Å². The summed E-state index contributed by atoms with van der Waals surface area (Å²) in [6, 6.07) is 4.02. The molecular weight excluding hydrogens is 318 g/mol. The number of carbonyl (C=O) groups is 1. The summed E-state index contributed by atoms with van der Waals surface area (Å²) >= 11 is 0. The minimum Gasteiger partial charge on any atom is -0.359 e. The number of aromatic nitrogens is 3. The van der Waals surface area contributed by atoms with E-state index in [1.165, 1.54) is 0 Å². The monoisotopic (exact) mass is 345 g/mol. The maximum atomic E-state index is 12.3. The highest BCUT2D eigenvalue weighted by molar-refractivity contribution is 5.92. The third-order valence-electron chi connectivity index (χ3n) is 4.89. The molecule has 3 rings (SSSR count). The van der Waals surface area contributed by atoms with Crippen LogP contribution >= 0.6 is 0 Å². The predicted octanol–water partition coefficient (Wildman–Crippen LogP) is 2.63. The summed E-state index contributed by atoms with van der Waals surface area (Å²) in [5.74, 6) is 0.891. The minimum atomic E-state index is -0.192. The molecule has 3 heterocycles. The van der Waals surface area contributed by atoms with Crippen molar-refractivity contribution in [1.29, 1.82) is 0 Å². The Bertz CT molecular complexity index is 683. The maximum Gasteiger partial charge on any atom is 0.272 e. The molecule has 1 unspecified atom stereocenters. The Morgan fingerprint density at radius 2 is 2.32 bits per heavy atom. The Hall–Kier alpha value is -2.15. The van der Waals surface area contributed by atoms with Crippen LogP contribution in [0.2, 0.25) is 0 Å². The quantitative estimate of drug-likeness (QED) is 0.806. The lowest BCUT2D eigenvalue weighted by Crippen LogP contribution is -2.32. The molecular formula is C18H27N5O2. The van der Waals surface area contributed by atoms with E-state index >= 15 is 0 Å². The molecule has 25 heavy (non-hydrogen) atoms. The van der Waals surface area contributed by atoms with Gasteiger partial charge >= 0.3 is 0 Å². The van der Waals surface area contributed by atoms with Crippen LogP contribution < -0.4 is 10.6 Å². The Kier molecular flexibility index (Phi) is 5.86. The van der Waals surface area contributed by atoms with Crippen molar-refractivity contribution in [2.24, 2.45) is 0 Å². The first-order valence-corrected chi connectivity index (χ1v) is 9.20. The van der Waals surface area contributed by atoms with Crippen LogP contribution in [-0.4, -0.2) is 33.9 Å². The number of carbonyl (C=O) groups excluding carboxylic acids is 1. The van der Waals surface area contributed by atoms with Crippen LogP contribution in [0.5, 0.6) is 0 Å². The van der Waals surface area contributed by atoms with Crippen LogP contribution in [0.4, 0.5) is 0 Å². The van der Waals surface area contributed by atoms with E-state index in [2.05, 4.69) is 34.7 Å². The Morgan fingerprint density at radius 1 is 1.48 bits per heavy atom. The molecule has 1 atom stereocenters. The number of hydrogen-bond donors (Lipinski definition) is 2. The summed E-state index contributed by atoms with van der Waals surface area (Å²) in [5, 5.41) is 14.8. The zero-order chi connectivity index (χ0) is 17.6. The highest BCUT2D eigenvalue weighted by Gasteiger charge is 2.18. The van der Waals surface area contributed by atoms with E-state index in [0.29, 0.717) is 30.0 Å². The number of nitrogens with one attached hydrogen (secondary N) is 2.